The summed E-state index contributed by atoms with van der Waals surface area (Å²) in [5.41, 5.74) is 1.57. The van der Waals surface area contributed by atoms with Crippen molar-refractivity contribution in [3.63, 3.8) is 0 Å². The fourth-order valence-electron chi connectivity index (χ4n) is 1.26. The van der Waals surface area contributed by atoms with Crippen LogP contribution in [0, 0.1) is 6.92 Å². The number of amides is 1. The Morgan fingerprint density at radius 3 is 2.40 bits per heavy atom. The lowest BCUT2D eigenvalue weighted by Gasteiger charge is -1.99. The molecule has 4 heteroatoms. The van der Waals surface area contributed by atoms with E-state index < -0.39 is 5.91 Å². The third kappa shape index (κ3) is 1.74. The highest BCUT2D eigenvalue weighted by Gasteiger charge is 2.22. The fourth-order valence-corrected chi connectivity index (χ4v) is 1.26. The van der Waals surface area contributed by atoms with Crippen LogP contribution in [0.25, 0.3) is 0 Å². The van der Waals surface area contributed by atoms with Gasteiger partial charge in [-0.3, -0.25) is 9.59 Å². The van der Waals surface area contributed by atoms with E-state index >= 15 is 0 Å². The minimum atomic E-state index is -0.569. The lowest BCUT2D eigenvalue weighted by molar-refractivity contribution is -0.114. The molecule has 2 rings (SSSR count). The molecule has 0 N–H and O–H groups in total. The molecule has 1 aliphatic heterocycles. The molecule has 4 nitrogen and oxygen atoms in total. The van der Waals surface area contributed by atoms with Crippen LogP contribution in [0.5, 0.6) is 0 Å². The van der Waals surface area contributed by atoms with Crippen LogP contribution >= 0.6 is 0 Å². The van der Waals surface area contributed by atoms with Gasteiger partial charge in [0.2, 0.25) is 0 Å². The van der Waals surface area contributed by atoms with Crippen molar-refractivity contribution in [1.82, 2.24) is 0 Å². The second-order valence-electron chi connectivity index (χ2n) is 3.26. The maximum Gasteiger partial charge on any atom is 0.301 e. The van der Waals surface area contributed by atoms with Gasteiger partial charge in [0.25, 0.3) is 0 Å². The van der Waals surface area contributed by atoms with Crippen molar-refractivity contribution in [2.24, 2.45) is 10.2 Å². The highest BCUT2D eigenvalue weighted by Crippen LogP contribution is 2.14. The van der Waals surface area contributed by atoms with Crippen LogP contribution in [0.1, 0.15) is 15.9 Å². The van der Waals surface area contributed by atoms with Crippen molar-refractivity contribution in [2.75, 3.05) is 0 Å². The number of aryl methyl sites for hydroxylation is 1. The van der Waals surface area contributed by atoms with E-state index in [0.29, 0.717) is 5.56 Å². The number of ketones is 1. The molecule has 1 aliphatic rings. The first kappa shape index (κ1) is 9.45. The van der Waals surface area contributed by atoms with Gasteiger partial charge in [0, 0.05) is 5.56 Å². The summed E-state index contributed by atoms with van der Waals surface area (Å²) >= 11 is 0. The number of benzene rings is 1. The van der Waals surface area contributed by atoms with Gasteiger partial charge >= 0.3 is 5.91 Å². The monoisotopic (exact) mass is 200 g/mol. The second-order valence-corrected chi connectivity index (χ2v) is 3.26. The Balaban J connectivity index is 2.30. The molecule has 0 radical (unpaired) electrons. The number of hydrogen-bond donors (Lipinski definition) is 0. The molecule has 1 heterocycles. The van der Waals surface area contributed by atoms with Crippen LogP contribution in [0.4, 0.5) is 0 Å². The van der Waals surface area contributed by atoms with Gasteiger partial charge in [-0.1, -0.05) is 29.8 Å². The zero-order chi connectivity index (χ0) is 10.8. The van der Waals surface area contributed by atoms with E-state index in [-0.39, 0.29) is 11.4 Å². The van der Waals surface area contributed by atoms with Gasteiger partial charge in [-0.05, 0) is 6.92 Å². The van der Waals surface area contributed by atoms with Gasteiger partial charge in [-0.25, -0.2) is 0 Å². The van der Waals surface area contributed by atoms with Gasteiger partial charge in [0.15, 0.2) is 5.78 Å². The summed E-state index contributed by atoms with van der Waals surface area (Å²) in [5, 5.41) is 6.66. The molecular weight excluding hydrogens is 192 g/mol. The number of hydrogen-bond acceptors (Lipinski definition) is 3. The van der Waals surface area contributed by atoms with Crippen molar-refractivity contribution >= 4 is 11.7 Å². The average Bonchev–Trinajstić information content (AvgIpc) is 2.65. The third-order valence-corrected chi connectivity index (χ3v) is 2.12. The Morgan fingerprint density at radius 2 is 1.87 bits per heavy atom. The summed E-state index contributed by atoms with van der Waals surface area (Å²) in [4.78, 5) is 22.9. The molecule has 74 valence electrons. The average molecular weight is 200 g/mol. The molecule has 0 bridgehead atoms. The SMILES string of the molecule is Cc1ccc(C(=O)C2=CN=NC2=O)cc1. The van der Waals surface area contributed by atoms with Crippen LogP contribution in [0.3, 0.4) is 0 Å². The van der Waals surface area contributed by atoms with Crippen LogP contribution in [0.15, 0.2) is 46.3 Å². The number of carbonyl (C=O) groups is 2. The molecule has 0 aromatic heterocycles. The number of nitrogens with zero attached hydrogens (tertiary/aromatic N) is 2. The Bertz CT molecular complexity index is 484. The number of carbonyl (C=O) groups excluding carboxylic acids is 2. The van der Waals surface area contributed by atoms with Crippen molar-refractivity contribution in [3.05, 3.63) is 47.2 Å². The molecule has 0 fully saturated rings. The summed E-state index contributed by atoms with van der Waals surface area (Å²) in [6, 6.07) is 7.01. The largest absolute Gasteiger partial charge is 0.301 e. The standard InChI is InChI=1S/C11H8N2O2/c1-7-2-4-8(5-3-7)10(14)9-6-12-13-11(9)15/h2-6H,1H3. The molecule has 1 amide bonds. The zero-order valence-electron chi connectivity index (χ0n) is 8.10. The van der Waals surface area contributed by atoms with E-state index in [0.717, 1.165) is 5.56 Å². The molecule has 1 aromatic rings. The molecule has 0 atom stereocenters. The highest BCUT2D eigenvalue weighted by atomic mass is 16.2. The third-order valence-electron chi connectivity index (χ3n) is 2.12. The normalized spacial score (nSPS) is 14.2. The fraction of sp³-hybridized carbons (Fsp3) is 0.0909. The van der Waals surface area contributed by atoms with Gasteiger partial charge in [-0.2, -0.15) is 5.11 Å². The number of rotatable bonds is 2. The number of Topliss-reactive ketones (excluding diaryl/α,β-unsaturated/α-hetero) is 1. The Morgan fingerprint density at radius 1 is 1.20 bits per heavy atom. The topological polar surface area (TPSA) is 58.9 Å². The second kappa shape index (κ2) is 3.57. The predicted molar refractivity (Wildman–Crippen MR) is 53.5 cm³/mol. The van der Waals surface area contributed by atoms with Crippen molar-refractivity contribution < 1.29 is 9.59 Å². The van der Waals surface area contributed by atoms with Gasteiger partial charge in [0.1, 0.15) is 5.57 Å². The molecule has 15 heavy (non-hydrogen) atoms. The van der Waals surface area contributed by atoms with E-state index in [1.54, 1.807) is 12.1 Å². The molecule has 0 unspecified atom stereocenters. The van der Waals surface area contributed by atoms with Crippen molar-refractivity contribution in [2.45, 2.75) is 6.92 Å². The van der Waals surface area contributed by atoms with E-state index in [2.05, 4.69) is 10.2 Å². The zero-order valence-corrected chi connectivity index (χ0v) is 8.10. The van der Waals surface area contributed by atoms with E-state index in [4.69, 9.17) is 0 Å². The van der Waals surface area contributed by atoms with Crippen LogP contribution in [0.2, 0.25) is 0 Å². The van der Waals surface area contributed by atoms with Crippen LogP contribution in [-0.2, 0) is 4.79 Å². The highest BCUT2D eigenvalue weighted by molar-refractivity contribution is 6.26. The maximum atomic E-state index is 11.8. The lowest BCUT2D eigenvalue weighted by Crippen LogP contribution is -2.08. The first-order valence-electron chi connectivity index (χ1n) is 4.45. The predicted octanol–water partition coefficient (Wildman–Crippen LogP) is 2.05. The molecule has 0 aliphatic carbocycles. The Kier molecular flexibility index (Phi) is 2.25. The summed E-state index contributed by atoms with van der Waals surface area (Å²) in [6.45, 7) is 1.93. The first-order chi connectivity index (χ1) is 7.18. The quantitative estimate of drug-likeness (QED) is 0.541. The summed E-state index contributed by atoms with van der Waals surface area (Å²) in [7, 11) is 0. The molecule has 1 aromatic carbocycles. The molecule has 0 saturated carbocycles. The Labute approximate surface area is 86.3 Å². The van der Waals surface area contributed by atoms with Gasteiger partial charge < -0.3 is 0 Å². The van der Waals surface area contributed by atoms with Crippen LogP contribution in [-0.4, -0.2) is 11.7 Å². The minimum absolute atomic E-state index is 0.0267. The summed E-state index contributed by atoms with van der Waals surface area (Å²) < 4.78 is 0. The van der Waals surface area contributed by atoms with Crippen molar-refractivity contribution in [1.29, 1.82) is 0 Å². The molecule has 0 saturated heterocycles. The maximum absolute atomic E-state index is 11.8. The van der Waals surface area contributed by atoms with Crippen molar-refractivity contribution in [3.8, 4) is 0 Å². The summed E-state index contributed by atoms with van der Waals surface area (Å²) in [6.07, 6.45) is 1.20. The van der Waals surface area contributed by atoms with Crippen LogP contribution < -0.4 is 0 Å². The van der Waals surface area contributed by atoms with Gasteiger partial charge in [-0.15, -0.1) is 5.11 Å². The molecule has 0 spiro atoms. The van der Waals surface area contributed by atoms with Gasteiger partial charge in [0.05, 0.1) is 6.20 Å². The Hall–Kier alpha value is -2.10. The van der Waals surface area contributed by atoms with E-state index in [1.165, 1.54) is 6.20 Å². The minimum Gasteiger partial charge on any atom is -0.288 e. The first-order valence-corrected chi connectivity index (χ1v) is 4.45. The van der Waals surface area contributed by atoms with E-state index in [9.17, 15) is 9.59 Å². The number of azo groups is 1. The van der Waals surface area contributed by atoms with E-state index in [1.807, 2.05) is 19.1 Å². The smallest absolute Gasteiger partial charge is 0.288 e. The summed E-state index contributed by atoms with van der Waals surface area (Å²) in [5.74, 6) is -0.898. The lowest BCUT2D eigenvalue weighted by atomic mass is 10.0. The molecular formula is C11H8N2O2.